The van der Waals surface area contributed by atoms with Crippen molar-refractivity contribution in [2.24, 2.45) is 5.18 Å². The van der Waals surface area contributed by atoms with Crippen molar-refractivity contribution in [3.63, 3.8) is 0 Å². The summed E-state index contributed by atoms with van der Waals surface area (Å²) in [4.78, 5) is 39.7. The molecule has 2 aromatic carbocycles. The number of rotatable bonds is 5. The van der Waals surface area contributed by atoms with Crippen molar-refractivity contribution in [1.82, 2.24) is 9.55 Å². The summed E-state index contributed by atoms with van der Waals surface area (Å²) in [7, 11) is -3.93. The second-order valence-electron chi connectivity index (χ2n) is 7.61. The lowest BCUT2D eigenvalue weighted by molar-refractivity contribution is 0.586. The molecule has 1 aliphatic rings. The smallest absolute Gasteiger partial charge is 0.306 e. The van der Waals surface area contributed by atoms with Crippen LogP contribution in [0.25, 0.3) is 16.6 Å². The maximum absolute atomic E-state index is 13.5. The normalized spacial score (nSPS) is 13.8. The fraction of sp³-hybridized carbons (Fsp3) is 0.182. The molecule has 9 nitrogen and oxygen atoms in total. The summed E-state index contributed by atoms with van der Waals surface area (Å²) in [5.41, 5.74) is 0.690. The second kappa shape index (κ2) is 8.09. The van der Waals surface area contributed by atoms with Gasteiger partial charge in [0.25, 0.3) is 15.6 Å². The van der Waals surface area contributed by atoms with Gasteiger partial charge in [0.1, 0.15) is 6.54 Å². The predicted molar refractivity (Wildman–Crippen MR) is 127 cm³/mol. The number of nitroso groups, excluding NO2 is 1. The van der Waals surface area contributed by atoms with Crippen LogP contribution in [0.1, 0.15) is 16.9 Å². The third-order valence-corrected chi connectivity index (χ3v) is 8.45. The van der Waals surface area contributed by atoms with Gasteiger partial charge in [-0.25, -0.2) is 17.8 Å². The molecule has 0 bridgehead atoms. The van der Waals surface area contributed by atoms with Crippen molar-refractivity contribution in [2.75, 3.05) is 10.8 Å². The summed E-state index contributed by atoms with van der Waals surface area (Å²) in [6, 6.07) is 13.1. The van der Waals surface area contributed by atoms with Crippen molar-refractivity contribution in [3.8, 4) is 5.69 Å². The first-order chi connectivity index (χ1) is 15.9. The highest BCUT2D eigenvalue weighted by molar-refractivity contribution is 7.92. The molecular formula is C22H18N4O5S2. The number of aromatic nitrogens is 2. The zero-order chi connectivity index (χ0) is 23.2. The van der Waals surface area contributed by atoms with Gasteiger partial charge in [-0.3, -0.25) is 9.10 Å². The van der Waals surface area contributed by atoms with Crippen molar-refractivity contribution >= 4 is 38.0 Å². The van der Waals surface area contributed by atoms with Crippen molar-refractivity contribution in [3.05, 3.63) is 90.1 Å². The minimum absolute atomic E-state index is 0.0248. The number of aryl methyl sites for hydroxylation is 1. The van der Waals surface area contributed by atoms with Gasteiger partial charge < -0.3 is 4.98 Å². The van der Waals surface area contributed by atoms with Crippen LogP contribution in [0.2, 0.25) is 0 Å². The van der Waals surface area contributed by atoms with Crippen LogP contribution in [0.3, 0.4) is 0 Å². The average molecular weight is 483 g/mol. The Bertz CT molecular complexity index is 1620. The molecule has 0 unspecified atom stereocenters. The maximum atomic E-state index is 13.5. The van der Waals surface area contributed by atoms with Crippen LogP contribution in [0.5, 0.6) is 0 Å². The molecule has 0 atom stereocenters. The molecule has 33 heavy (non-hydrogen) atoms. The molecule has 0 spiro atoms. The molecule has 1 N–H and O–H groups in total. The molecule has 168 valence electrons. The van der Waals surface area contributed by atoms with E-state index in [9.17, 15) is 22.9 Å². The Morgan fingerprint density at radius 2 is 1.91 bits per heavy atom. The average Bonchev–Trinajstić information content (AvgIpc) is 3.21. The standard InChI is InChI=1S/C22H18N4O5S2/c27-21-20-17(13-32-19(20)12-23-29)24-22(28)26(21)15-7-3-8-16(11-15)33(30,31)25-10-4-6-14-5-1-2-9-18(14)25/h1-3,5,7-9,11,13H,4,6,10,12H2,(H,24,28). The van der Waals surface area contributed by atoms with Crippen LogP contribution in [-0.2, 0) is 23.0 Å². The van der Waals surface area contributed by atoms with E-state index in [1.165, 1.54) is 28.6 Å². The van der Waals surface area contributed by atoms with E-state index in [0.29, 0.717) is 29.0 Å². The van der Waals surface area contributed by atoms with E-state index in [-0.39, 0.29) is 22.5 Å². The molecule has 4 aromatic rings. The lowest BCUT2D eigenvalue weighted by atomic mass is 10.0. The summed E-state index contributed by atoms with van der Waals surface area (Å²) in [6.07, 6.45) is 1.49. The van der Waals surface area contributed by atoms with E-state index < -0.39 is 21.3 Å². The molecule has 0 fully saturated rings. The Balaban J connectivity index is 1.65. The molecule has 0 saturated heterocycles. The van der Waals surface area contributed by atoms with E-state index in [4.69, 9.17) is 0 Å². The van der Waals surface area contributed by atoms with Crippen molar-refractivity contribution < 1.29 is 8.42 Å². The van der Waals surface area contributed by atoms with Gasteiger partial charge in [-0.15, -0.1) is 11.3 Å². The lowest BCUT2D eigenvalue weighted by Gasteiger charge is -2.30. The third kappa shape index (κ3) is 3.49. The van der Waals surface area contributed by atoms with Gasteiger partial charge in [-0.05, 0) is 42.7 Å². The second-order valence-corrected chi connectivity index (χ2v) is 10.4. The fourth-order valence-electron chi connectivity index (χ4n) is 4.17. The van der Waals surface area contributed by atoms with Gasteiger partial charge in [-0.2, -0.15) is 4.91 Å². The SMILES string of the molecule is O=NCc1scc2[nH]c(=O)n(-c3cccc(S(=O)(=O)N4CCCc5ccccc54)c3)c(=O)c12. The van der Waals surface area contributed by atoms with E-state index in [0.717, 1.165) is 27.9 Å². The predicted octanol–water partition coefficient (Wildman–Crippen LogP) is 3.15. The highest BCUT2D eigenvalue weighted by Gasteiger charge is 2.29. The fourth-order valence-corrected chi connectivity index (χ4v) is 6.63. The van der Waals surface area contributed by atoms with Crippen LogP contribution < -0.4 is 15.6 Å². The lowest BCUT2D eigenvalue weighted by Crippen LogP contribution is -2.36. The molecule has 1 aliphatic heterocycles. The number of hydrogen-bond donors (Lipinski definition) is 1. The molecule has 3 heterocycles. The number of benzene rings is 2. The molecule has 2 aromatic heterocycles. The number of sulfonamides is 1. The van der Waals surface area contributed by atoms with Crippen LogP contribution in [0.4, 0.5) is 5.69 Å². The third-order valence-electron chi connectivity index (χ3n) is 5.67. The quantitative estimate of drug-likeness (QED) is 0.438. The molecular weight excluding hydrogens is 464 g/mol. The van der Waals surface area contributed by atoms with Crippen LogP contribution >= 0.6 is 11.3 Å². The first-order valence-corrected chi connectivity index (χ1v) is 12.5. The summed E-state index contributed by atoms with van der Waals surface area (Å²) in [5.74, 6) is 0. The number of thiophene rings is 1. The Labute approximate surface area is 192 Å². The summed E-state index contributed by atoms with van der Waals surface area (Å²) in [5, 5.41) is 4.62. The first-order valence-electron chi connectivity index (χ1n) is 10.2. The molecule has 5 rings (SSSR count). The largest absolute Gasteiger partial charge is 0.333 e. The number of H-pyrrole nitrogens is 1. The van der Waals surface area contributed by atoms with Crippen molar-refractivity contribution in [2.45, 2.75) is 24.3 Å². The van der Waals surface area contributed by atoms with Gasteiger partial charge in [0, 0.05) is 16.8 Å². The number of aromatic amines is 1. The highest BCUT2D eigenvalue weighted by Crippen LogP contribution is 2.32. The molecule has 0 radical (unpaired) electrons. The van der Waals surface area contributed by atoms with E-state index in [1.807, 2.05) is 12.1 Å². The van der Waals surface area contributed by atoms with Gasteiger partial charge in [0.05, 0.1) is 27.2 Å². The number of hydrogen-bond acceptors (Lipinski definition) is 7. The number of anilines is 1. The molecule has 0 saturated carbocycles. The van der Waals surface area contributed by atoms with Crippen LogP contribution in [0, 0.1) is 4.91 Å². The van der Waals surface area contributed by atoms with Crippen LogP contribution in [-0.4, -0.2) is 24.5 Å². The minimum Gasteiger partial charge on any atom is -0.306 e. The van der Waals surface area contributed by atoms with E-state index >= 15 is 0 Å². The number of nitrogens with one attached hydrogen (secondary N) is 1. The summed E-state index contributed by atoms with van der Waals surface area (Å²) >= 11 is 1.15. The van der Waals surface area contributed by atoms with Gasteiger partial charge in [-0.1, -0.05) is 29.4 Å². The maximum Gasteiger partial charge on any atom is 0.333 e. The van der Waals surface area contributed by atoms with Gasteiger partial charge in [0.2, 0.25) is 0 Å². The summed E-state index contributed by atoms with van der Waals surface area (Å²) < 4.78 is 29.3. The topological polar surface area (TPSA) is 122 Å². The molecule has 0 amide bonds. The zero-order valence-corrected chi connectivity index (χ0v) is 18.9. The Hall–Kier alpha value is -3.57. The Morgan fingerprint density at radius 1 is 1.09 bits per heavy atom. The van der Waals surface area contributed by atoms with Gasteiger partial charge >= 0.3 is 5.69 Å². The highest BCUT2D eigenvalue weighted by atomic mass is 32.2. The number of nitrogens with zero attached hydrogens (tertiary/aromatic N) is 3. The molecule has 11 heteroatoms. The van der Waals surface area contributed by atoms with E-state index in [1.54, 1.807) is 17.5 Å². The molecule has 0 aliphatic carbocycles. The first kappa shape index (κ1) is 21.3. The monoisotopic (exact) mass is 482 g/mol. The number of fused-ring (bicyclic) bond motifs is 2. The Kier molecular flexibility index (Phi) is 5.22. The number of para-hydroxylation sites is 1. The van der Waals surface area contributed by atoms with Gasteiger partial charge in [0.15, 0.2) is 0 Å². The van der Waals surface area contributed by atoms with E-state index in [2.05, 4.69) is 10.2 Å². The minimum atomic E-state index is -3.93. The van der Waals surface area contributed by atoms with Crippen LogP contribution in [0.15, 0.2) is 73.6 Å². The Morgan fingerprint density at radius 3 is 2.73 bits per heavy atom. The van der Waals surface area contributed by atoms with Crippen molar-refractivity contribution in [1.29, 1.82) is 0 Å². The zero-order valence-electron chi connectivity index (χ0n) is 17.2. The summed E-state index contributed by atoms with van der Waals surface area (Å²) in [6.45, 7) is 0.144.